The van der Waals surface area contributed by atoms with Crippen LogP contribution in [0.15, 0.2) is 66.4 Å². The van der Waals surface area contributed by atoms with Gasteiger partial charge in [-0.05, 0) is 40.8 Å². The summed E-state index contributed by atoms with van der Waals surface area (Å²) in [4.78, 5) is 18.1. The number of para-hydroxylation sites is 1. The zero-order valence-electron chi connectivity index (χ0n) is 18.4. The highest BCUT2D eigenvalue weighted by molar-refractivity contribution is 5.83. The molecule has 3 rings (SSSR count). The van der Waals surface area contributed by atoms with Crippen molar-refractivity contribution >= 4 is 5.97 Å². The lowest BCUT2D eigenvalue weighted by atomic mass is 9.99. The predicted molar refractivity (Wildman–Crippen MR) is 117 cm³/mol. The van der Waals surface area contributed by atoms with E-state index in [1.54, 1.807) is 6.20 Å². The van der Waals surface area contributed by atoms with Crippen LogP contribution < -0.4 is 10.2 Å². The zero-order chi connectivity index (χ0) is 21.8. The SMILES string of the molecule is CC(C)(C)CONC=C1[C@@H](C(=O)OCc2cccc(Oc3ccccc3)c2)C1(C)C. The second-order valence-corrected chi connectivity index (χ2v) is 9.39. The molecule has 0 spiro atoms. The number of rotatable bonds is 8. The first-order valence-corrected chi connectivity index (χ1v) is 10.2. The molecule has 1 saturated carbocycles. The maximum absolute atomic E-state index is 12.6. The average molecular weight is 410 g/mol. The zero-order valence-corrected chi connectivity index (χ0v) is 18.4. The number of ether oxygens (including phenoxy) is 2. The lowest BCUT2D eigenvalue weighted by molar-refractivity contribution is -0.147. The van der Waals surface area contributed by atoms with Crippen molar-refractivity contribution in [3.05, 3.63) is 71.9 Å². The van der Waals surface area contributed by atoms with Crippen molar-refractivity contribution in [2.24, 2.45) is 16.7 Å². The molecule has 30 heavy (non-hydrogen) atoms. The Balaban J connectivity index is 1.52. The molecule has 0 radical (unpaired) electrons. The molecule has 0 bridgehead atoms. The van der Waals surface area contributed by atoms with E-state index >= 15 is 0 Å². The van der Waals surface area contributed by atoms with Crippen molar-refractivity contribution in [1.29, 1.82) is 0 Å². The molecule has 2 aromatic carbocycles. The largest absolute Gasteiger partial charge is 0.460 e. The summed E-state index contributed by atoms with van der Waals surface area (Å²) in [6.07, 6.45) is 1.78. The minimum atomic E-state index is -0.257. The third-order valence-electron chi connectivity index (χ3n) is 4.99. The molecule has 0 amide bonds. The smallest absolute Gasteiger partial charge is 0.314 e. The first-order chi connectivity index (χ1) is 14.2. The van der Waals surface area contributed by atoms with Crippen molar-refractivity contribution in [1.82, 2.24) is 5.48 Å². The molecular weight excluding hydrogens is 378 g/mol. The maximum Gasteiger partial charge on any atom is 0.314 e. The Labute approximate surface area is 179 Å². The van der Waals surface area contributed by atoms with Crippen LogP contribution in [-0.2, 0) is 21.0 Å². The van der Waals surface area contributed by atoms with Crippen molar-refractivity contribution < 1.29 is 19.1 Å². The second kappa shape index (κ2) is 8.92. The fourth-order valence-corrected chi connectivity index (χ4v) is 3.20. The normalized spacial score (nSPS) is 18.7. The van der Waals surface area contributed by atoms with E-state index < -0.39 is 0 Å². The van der Waals surface area contributed by atoms with Crippen molar-refractivity contribution in [2.45, 2.75) is 41.2 Å². The Bertz CT molecular complexity index is 897. The van der Waals surface area contributed by atoms with E-state index in [4.69, 9.17) is 14.3 Å². The molecule has 0 aliphatic heterocycles. The molecule has 5 heteroatoms. The van der Waals surface area contributed by atoms with Crippen molar-refractivity contribution in [3.63, 3.8) is 0 Å². The number of nitrogens with one attached hydrogen (secondary N) is 1. The number of benzene rings is 2. The molecule has 1 N–H and O–H groups in total. The van der Waals surface area contributed by atoms with Crippen LogP contribution in [0.3, 0.4) is 0 Å². The number of hydrogen-bond acceptors (Lipinski definition) is 5. The van der Waals surface area contributed by atoms with E-state index in [1.165, 1.54) is 0 Å². The summed E-state index contributed by atoms with van der Waals surface area (Å²) in [5.41, 5.74) is 4.58. The van der Waals surface area contributed by atoms with Crippen molar-refractivity contribution in [3.8, 4) is 11.5 Å². The number of hydroxylamine groups is 1. The Morgan fingerprint density at radius 1 is 1.07 bits per heavy atom. The highest BCUT2D eigenvalue weighted by Crippen LogP contribution is 2.58. The minimum Gasteiger partial charge on any atom is -0.460 e. The van der Waals surface area contributed by atoms with Crippen LogP contribution in [0, 0.1) is 16.7 Å². The monoisotopic (exact) mass is 409 g/mol. The Kier molecular flexibility index (Phi) is 6.52. The van der Waals surface area contributed by atoms with Gasteiger partial charge in [-0.3, -0.25) is 15.1 Å². The van der Waals surface area contributed by atoms with E-state index in [0.29, 0.717) is 12.4 Å². The van der Waals surface area contributed by atoms with Crippen LogP contribution in [0.5, 0.6) is 11.5 Å². The second-order valence-electron chi connectivity index (χ2n) is 9.39. The van der Waals surface area contributed by atoms with Gasteiger partial charge >= 0.3 is 5.97 Å². The summed E-state index contributed by atoms with van der Waals surface area (Å²) in [6, 6.07) is 17.2. The van der Waals surface area contributed by atoms with Gasteiger partial charge in [0, 0.05) is 11.6 Å². The fourth-order valence-electron chi connectivity index (χ4n) is 3.20. The summed E-state index contributed by atoms with van der Waals surface area (Å²) < 4.78 is 11.4. The first kappa shape index (κ1) is 21.9. The van der Waals surface area contributed by atoms with Crippen molar-refractivity contribution in [2.75, 3.05) is 6.61 Å². The van der Waals surface area contributed by atoms with Gasteiger partial charge in [0.25, 0.3) is 0 Å². The summed E-state index contributed by atoms with van der Waals surface area (Å²) in [7, 11) is 0. The molecule has 1 aliphatic carbocycles. The molecule has 1 atom stereocenters. The van der Waals surface area contributed by atoms with Gasteiger partial charge in [-0.25, -0.2) is 0 Å². The molecule has 0 aromatic heterocycles. The molecule has 0 unspecified atom stereocenters. The third-order valence-corrected chi connectivity index (χ3v) is 4.99. The van der Waals surface area contributed by atoms with Gasteiger partial charge in [0.2, 0.25) is 0 Å². The summed E-state index contributed by atoms with van der Waals surface area (Å²) in [5, 5.41) is 0. The topological polar surface area (TPSA) is 56.8 Å². The van der Waals surface area contributed by atoms with E-state index in [1.807, 2.05) is 68.4 Å². The summed E-state index contributed by atoms with van der Waals surface area (Å²) in [6.45, 7) is 11.1. The van der Waals surface area contributed by atoms with Gasteiger partial charge in [-0.2, -0.15) is 0 Å². The summed E-state index contributed by atoms with van der Waals surface area (Å²) in [5.74, 6) is 0.995. The van der Waals surface area contributed by atoms with Crippen LogP contribution in [0.4, 0.5) is 0 Å². The molecule has 0 heterocycles. The molecule has 1 fully saturated rings. The maximum atomic E-state index is 12.6. The molecule has 1 aliphatic rings. The van der Waals surface area contributed by atoms with Crippen LogP contribution in [0.2, 0.25) is 0 Å². The predicted octanol–water partition coefficient (Wildman–Crippen LogP) is 5.63. The lowest BCUT2D eigenvalue weighted by Crippen LogP contribution is -2.19. The Morgan fingerprint density at radius 3 is 2.47 bits per heavy atom. The van der Waals surface area contributed by atoms with E-state index in [2.05, 4.69) is 26.3 Å². The minimum absolute atomic E-state index is 0.0711. The van der Waals surface area contributed by atoms with Gasteiger partial charge in [-0.15, -0.1) is 0 Å². The first-order valence-electron chi connectivity index (χ1n) is 10.2. The van der Waals surface area contributed by atoms with Gasteiger partial charge in [0.15, 0.2) is 0 Å². The van der Waals surface area contributed by atoms with Crippen LogP contribution in [-0.4, -0.2) is 12.6 Å². The summed E-state index contributed by atoms with van der Waals surface area (Å²) >= 11 is 0. The molecular formula is C25H31NO4. The molecule has 2 aromatic rings. The Morgan fingerprint density at radius 2 is 1.77 bits per heavy atom. The number of carbonyl (C=O) groups excluding carboxylic acids is 1. The third kappa shape index (κ3) is 5.86. The average Bonchev–Trinajstić information content (AvgIpc) is 3.24. The molecule has 5 nitrogen and oxygen atoms in total. The van der Waals surface area contributed by atoms with Gasteiger partial charge in [-0.1, -0.05) is 65.0 Å². The number of esters is 1. The van der Waals surface area contributed by atoms with Crippen LogP contribution >= 0.6 is 0 Å². The number of carbonyl (C=O) groups is 1. The highest BCUT2D eigenvalue weighted by Gasteiger charge is 2.58. The molecule has 0 saturated heterocycles. The van der Waals surface area contributed by atoms with Gasteiger partial charge in [0.1, 0.15) is 18.1 Å². The van der Waals surface area contributed by atoms with E-state index in [0.717, 1.165) is 16.9 Å². The fraction of sp³-hybridized carbons (Fsp3) is 0.400. The van der Waals surface area contributed by atoms with Gasteiger partial charge in [0.05, 0.1) is 12.5 Å². The van der Waals surface area contributed by atoms with E-state index in [9.17, 15) is 4.79 Å². The Hall–Kier alpha value is -2.79. The van der Waals surface area contributed by atoms with Crippen LogP contribution in [0.25, 0.3) is 0 Å². The highest BCUT2D eigenvalue weighted by atomic mass is 16.6. The lowest BCUT2D eigenvalue weighted by Gasteiger charge is -2.16. The molecule has 160 valence electrons. The number of hydrogen-bond donors (Lipinski definition) is 1. The van der Waals surface area contributed by atoms with Crippen LogP contribution in [0.1, 0.15) is 40.2 Å². The standard InChI is InChI=1S/C25H31NO4/c1-24(2,3)17-29-26-15-21-22(25(21,4)5)23(27)28-16-18-10-9-13-20(14-18)30-19-11-7-6-8-12-19/h6-15,22,26H,16-17H2,1-5H3/t22-/m0/s1. The quantitative estimate of drug-likeness (QED) is 0.348. The van der Waals surface area contributed by atoms with Gasteiger partial charge < -0.3 is 9.47 Å². The van der Waals surface area contributed by atoms with E-state index in [-0.39, 0.29) is 29.3 Å².